The standard InChI is InChI=1S/C8H8O8S/c9-5-2-4(8(13)16-17(14)15)6(10)1-3(5)7(11)12/h3-4H,1-2H2,(H,11,12)(H,14,15)/p-1. The fourth-order valence-corrected chi connectivity index (χ4v) is 1.73. The van der Waals surface area contributed by atoms with Gasteiger partial charge in [0.2, 0.25) is 0 Å². The molecule has 1 rings (SSSR count). The van der Waals surface area contributed by atoms with Crippen LogP contribution in [0.3, 0.4) is 0 Å². The highest BCUT2D eigenvalue weighted by Crippen LogP contribution is 2.24. The van der Waals surface area contributed by atoms with E-state index >= 15 is 0 Å². The summed E-state index contributed by atoms with van der Waals surface area (Å²) in [6.07, 6.45) is -1.27. The third-order valence-corrected chi connectivity index (χ3v) is 2.62. The molecule has 0 aromatic heterocycles. The van der Waals surface area contributed by atoms with Crippen LogP contribution in [-0.2, 0) is 34.7 Å². The molecule has 3 atom stereocenters. The molecule has 0 bridgehead atoms. The molecule has 0 amide bonds. The third kappa shape index (κ3) is 3.17. The van der Waals surface area contributed by atoms with Crippen LogP contribution < -0.4 is 0 Å². The number of ketones is 2. The van der Waals surface area contributed by atoms with Gasteiger partial charge in [-0.05, 0) is 0 Å². The van der Waals surface area contributed by atoms with E-state index in [0.717, 1.165) is 0 Å². The lowest BCUT2D eigenvalue weighted by molar-refractivity contribution is -0.157. The second-order valence-electron chi connectivity index (χ2n) is 3.39. The molecule has 0 aliphatic heterocycles. The van der Waals surface area contributed by atoms with Crippen LogP contribution in [0.5, 0.6) is 0 Å². The van der Waals surface area contributed by atoms with Crippen molar-refractivity contribution in [2.24, 2.45) is 11.8 Å². The van der Waals surface area contributed by atoms with Crippen molar-refractivity contribution < 1.29 is 37.2 Å². The van der Waals surface area contributed by atoms with Gasteiger partial charge in [-0.3, -0.25) is 19.2 Å². The van der Waals surface area contributed by atoms with Crippen molar-refractivity contribution in [2.75, 3.05) is 0 Å². The number of hydrogen-bond acceptors (Lipinski definition) is 7. The zero-order chi connectivity index (χ0) is 13.2. The predicted molar refractivity (Wildman–Crippen MR) is 48.9 cm³/mol. The Morgan fingerprint density at radius 2 is 1.71 bits per heavy atom. The molecule has 9 heteroatoms. The molecule has 1 N–H and O–H groups in total. The minimum absolute atomic E-state index is 0.626. The normalized spacial score (nSPS) is 26.4. The molecule has 1 fully saturated rings. The number of carboxylic acids is 1. The molecule has 8 nitrogen and oxygen atoms in total. The molecule has 3 unspecified atom stereocenters. The fourth-order valence-electron chi connectivity index (χ4n) is 1.48. The van der Waals surface area contributed by atoms with Gasteiger partial charge in [0.25, 0.3) is 0 Å². The van der Waals surface area contributed by atoms with Crippen LogP contribution in [0.4, 0.5) is 0 Å². The number of carbonyl (C=O) groups excluding carboxylic acids is 3. The Morgan fingerprint density at radius 3 is 2.18 bits per heavy atom. The summed E-state index contributed by atoms with van der Waals surface area (Å²) in [6, 6.07) is 0. The monoisotopic (exact) mass is 263 g/mol. The van der Waals surface area contributed by atoms with E-state index in [4.69, 9.17) is 5.11 Å². The average molecular weight is 263 g/mol. The topological polar surface area (TPSA) is 138 Å². The maximum atomic E-state index is 11.4. The average Bonchev–Trinajstić information content (AvgIpc) is 2.19. The van der Waals surface area contributed by atoms with Crippen LogP contribution in [0.25, 0.3) is 0 Å². The van der Waals surface area contributed by atoms with Gasteiger partial charge in [0, 0.05) is 12.8 Å². The van der Waals surface area contributed by atoms with Gasteiger partial charge in [-0.2, -0.15) is 0 Å². The van der Waals surface area contributed by atoms with Gasteiger partial charge in [-0.1, -0.05) is 0 Å². The van der Waals surface area contributed by atoms with Gasteiger partial charge in [0.1, 0.15) is 34.8 Å². The van der Waals surface area contributed by atoms with Crippen molar-refractivity contribution in [3.63, 3.8) is 0 Å². The highest BCUT2D eigenvalue weighted by Gasteiger charge is 2.42. The van der Waals surface area contributed by atoms with Gasteiger partial charge in [0.05, 0.1) is 0 Å². The second kappa shape index (κ2) is 5.15. The molecule has 0 spiro atoms. The Bertz CT molecular complexity index is 414. The maximum Gasteiger partial charge on any atom is 0.330 e. The van der Waals surface area contributed by atoms with Crippen molar-refractivity contribution in [3.8, 4) is 0 Å². The number of rotatable bonds is 3. The number of carboxylic acid groups (broad SMARTS) is 1. The molecular formula is C8H7O8S-. The zero-order valence-electron chi connectivity index (χ0n) is 8.28. The van der Waals surface area contributed by atoms with E-state index in [1.807, 2.05) is 0 Å². The molecule has 0 aromatic carbocycles. The first-order valence-corrected chi connectivity index (χ1v) is 5.42. The molecule has 0 radical (unpaired) electrons. The fraction of sp³-hybridized carbons (Fsp3) is 0.500. The lowest BCUT2D eigenvalue weighted by Gasteiger charge is -2.22. The van der Waals surface area contributed by atoms with Crippen LogP contribution in [0.1, 0.15) is 12.8 Å². The van der Waals surface area contributed by atoms with Crippen molar-refractivity contribution in [2.45, 2.75) is 12.8 Å². The summed E-state index contributed by atoms with van der Waals surface area (Å²) in [5, 5.41) is 8.61. The largest absolute Gasteiger partial charge is 0.740 e. The van der Waals surface area contributed by atoms with Crippen molar-refractivity contribution in [1.29, 1.82) is 0 Å². The quantitative estimate of drug-likeness (QED) is 0.483. The number of Topliss-reactive ketones (excluding diaryl/α,β-unsaturated/α-hetero) is 2. The molecular weight excluding hydrogens is 256 g/mol. The van der Waals surface area contributed by atoms with Crippen LogP contribution in [0.15, 0.2) is 0 Å². The smallest absolute Gasteiger partial charge is 0.330 e. The van der Waals surface area contributed by atoms with E-state index in [1.165, 1.54) is 0 Å². The van der Waals surface area contributed by atoms with E-state index in [1.54, 1.807) is 0 Å². The van der Waals surface area contributed by atoms with E-state index in [2.05, 4.69) is 4.18 Å². The Labute approximate surface area is 97.4 Å². The van der Waals surface area contributed by atoms with E-state index in [0.29, 0.717) is 0 Å². The number of hydrogen-bond donors (Lipinski definition) is 1. The minimum atomic E-state index is -3.12. The van der Waals surface area contributed by atoms with Gasteiger partial charge < -0.3 is 13.8 Å². The Balaban J connectivity index is 2.77. The SMILES string of the molecule is O=C(O)C1CC(=O)C(C(=O)OS(=O)[O-])CC1=O. The van der Waals surface area contributed by atoms with Crippen molar-refractivity contribution >= 4 is 34.9 Å². The predicted octanol–water partition coefficient (Wildman–Crippen LogP) is -1.43. The summed E-state index contributed by atoms with van der Waals surface area (Å²) in [7, 11) is 0. The molecule has 94 valence electrons. The van der Waals surface area contributed by atoms with Gasteiger partial charge in [-0.15, -0.1) is 0 Å². The van der Waals surface area contributed by atoms with E-state index < -0.39 is 59.5 Å². The number of carbonyl (C=O) groups is 4. The summed E-state index contributed by atoms with van der Waals surface area (Å²) >= 11 is -3.12. The molecule has 0 aromatic rings. The van der Waals surface area contributed by atoms with Crippen LogP contribution in [0.2, 0.25) is 0 Å². The van der Waals surface area contributed by atoms with Crippen LogP contribution in [-0.4, -0.2) is 37.4 Å². The van der Waals surface area contributed by atoms with Crippen LogP contribution in [0, 0.1) is 11.8 Å². The molecule has 0 heterocycles. The van der Waals surface area contributed by atoms with E-state index in [-0.39, 0.29) is 0 Å². The van der Waals surface area contributed by atoms with Gasteiger partial charge in [0.15, 0.2) is 0 Å². The molecule has 1 saturated carbocycles. The highest BCUT2D eigenvalue weighted by molar-refractivity contribution is 7.74. The lowest BCUT2D eigenvalue weighted by atomic mass is 9.80. The number of aliphatic carboxylic acids is 1. The zero-order valence-corrected chi connectivity index (χ0v) is 9.10. The van der Waals surface area contributed by atoms with Crippen LogP contribution >= 0.6 is 0 Å². The van der Waals surface area contributed by atoms with Crippen molar-refractivity contribution in [3.05, 3.63) is 0 Å². The summed E-state index contributed by atoms with van der Waals surface area (Å²) in [5.41, 5.74) is 0. The lowest BCUT2D eigenvalue weighted by Crippen LogP contribution is -2.40. The minimum Gasteiger partial charge on any atom is -0.740 e. The maximum absolute atomic E-state index is 11.4. The van der Waals surface area contributed by atoms with Gasteiger partial charge in [-0.25, -0.2) is 4.21 Å². The second-order valence-corrected chi connectivity index (χ2v) is 3.97. The first kappa shape index (κ1) is 13.5. The Hall–Kier alpha value is -1.61. The highest BCUT2D eigenvalue weighted by atomic mass is 32.2. The Morgan fingerprint density at radius 1 is 1.24 bits per heavy atom. The summed E-state index contributed by atoms with van der Waals surface area (Å²) in [5.74, 6) is -7.41. The summed E-state index contributed by atoms with van der Waals surface area (Å²) in [4.78, 5) is 44.3. The van der Waals surface area contributed by atoms with Crippen molar-refractivity contribution in [1.82, 2.24) is 0 Å². The van der Waals surface area contributed by atoms with Gasteiger partial charge >= 0.3 is 11.9 Å². The molecule has 1 aliphatic rings. The molecule has 1 aliphatic carbocycles. The third-order valence-electron chi connectivity index (χ3n) is 2.32. The first-order chi connectivity index (χ1) is 7.82. The molecule has 0 saturated heterocycles. The first-order valence-electron chi connectivity index (χ1n) is 4.42. The summed E-state index contributed by atoms with van der Waals surface area (Å²) in [6.45, 7) is 0. The Kier molecular flexibility index (Phi) is 4.07. The molecule has 17 heavy (non-hydrogen) atoms. The summed E-state index contributed by atoms with van der Waals surface area (Å²) < 4.78 is 23.9. The van der Waals surface area contributed by atoms with E-state index in [9.17, 15) is 27.9 Å².